The number of nitrogens with one attached hydrogen (secondary N) is 1. The Labute approximate surface area is 150 Å². The SMILES string of the molecule is C[C@@H](OC(=O)C[C@@H]1Sc2ccccc2NC1=O)C(=O)N(C)CCC#N. The Morgan fingerprint density at radius 3 is 2.88 bits per heavy atom. The highest BCUT2D eigenvalue weighted by Crippen LogP contribution is 2.36. The van der Waals surface area contributed by atoms with Crippen molar-refractivity contribution in [2.24, 2.45) is 0 Å². The van der Waals surface area contributed by atoms with Gasteiger partial charge in [-0.15, -0.1) is 11.8 Å². The zero-order chi connectivity index (χ0) is 18.4. The van der Waals surface area contributed by atoms with E-state index < -0.39 is 17.3 Å². The third-order valence-corrected chi connectivity index (χ3v) is 4.93. The van der Waals surface area contributed by atoms with Crippen molar-refractivity contribution in [2.45, 2.75) is 36.0 Å². The molecule has 0 fully saturated rings. The molecule has 0 radical (unpaired) electrons. The third-order valence-electron chi connectivity index (χ3n) is 3.65. The van der Waals surface area contributed by atoms with Crippen molar-refractivity contribution in [1.82, 2.24) is 4.90 Å². The summed E-state index contributed by atoms with van der Waals surface area (Å²) >= 11 is 1.30. The molecular formula is C17H19N3O4S. The number of amides is 2. The van der Waals surface area contributed by atoms with Crippen molar-refractivity contribution in [2.75, 3.05) is 18.9 Å². The molecule has 2 atom stereocenters. The van der Waals surface area contributed by atoms with E-state index in [2.05, 4.69) is 5.32 Å². The number of rotatable bonds is 6. The van der Waals surface area contributed by atoms with Crippen LogP contribution in [0.1, 0.15) is 19.8 Å². The van der Waals surface area contributed by atoms with Gasteiger partial charge in [-0.3, -0.25) is 14.4 Å². The Morgan fingerprint density at radius 1 is 1.44 bits per heavy atom. The maximum atomic E-state index is 12.1. The van der Waals surface area contributed by atoms with E-state index in [0.717, 1.165) is 10.6 Å². The van der Waals surface area contributed by atoms with Gasteiger partial charge >= 0.3 is 5.97 Å². The molecule has 1 aromatic rings. The van der Waals surface area contributed by atoms with Gasteiger partial charge < -0.3 is 15.0 Å². The number of thioether (sulfide) groups is 1. The fourth-order valence-electron chi connectivity index (χ4n) is 2.31. The highest BCUT2D eigenvalue weighted by molar-refractivity contribution is 8.01. The molecule has 1 N–H and O–H groups in total. The molecule has 7 nitrogen and oxygen atoms in total. The zero-order valence-corrected chi connectivity index (χ0v) is 14.8. The lowest BCUT2D eigenvalue weighted by molar-refractivity contribution is -0.158. The van der Waals surface area contributed by atoms with Crippen LogP contribution in [0.25, 0.3) is 0 Å². The maximum absolute atomic E-state index is 12.1. The second kappa shape index (κ2) is 8.53. The summed E-state index contributed by atoms with van der Waals surface area (Å²) in [5.74, 6) is -1.25. The van der Waals surface area contributed by atoms with Crippen molar-refractivity contribution in [3.05, 3.63) is 24.3 Å². The first-order valence-corrected chi connectivity index (χ1v) is 8.68. The first-order valence-electron chi connectivity index (χ1n) is 7.80. The lowest BCUT2D eigenvalue weighted by atomic mass is 10.2. The van der Waals surface area contributed by atoms with Crippen molar-refractivity contribution in [3.8, 4) is 6.07 Å². The van der Waals surface area contributed by atoms with Gasteiger partial charge in [0.1, 0.15) is 0 Å². The fourth-order valence-corrected chi connectivity index (χ4v) is 3.41. The second-order valence-electron chi connectivity index (χ2n) is 5.60. The average molecular weight is 361 g/mol. The number of nitriles is 1. The van der Waals surface area contributed by atoms with Crippen molar-refractivity contribution in [1.29, 1.82) is 5.26 Å². The Bertz CT molecular complexity index is 716. The van der Waals surface area contributed by atoms with Gasteiger partial charge in [-0.1, -0.05) is 12.1 Å². The van der Waals surface area contributed by atoms with E-state index in [0.29, 0.717) is 0 Å². The molecule has 0 saturated heterocycles. The van der Waals surface area contributed by atoms with E-state index in [1.807, 2.05) is 24.3 Å². The standard InChI is InChI=1S/C17H19N3O4S/c1-11(17(23)20(2)9-5-8-18)24-15(21)10-14-16(22)19-12-6-3-4-7-13(12)25-14/h3-4,6-7,11,14H,5,9-10H2,1-2H3,(H,19,22)/t11-,14+/m1/s1. The van der Waals surface area contributed by atoms with Gasteiger partial charge in [-0.2, -0.15) is 5.26 Å². The van der Waals surface area contributed by atoms with E-state index >= 15 is 0 Å². The van der Waals surface area contributed by atoms with Crippen molar-refractivity contribution in [3.63, 3.8) is 0 Å². The number of carbonyl (C=O) groups excluding carboxylic acids is 3. The monoisotopic (exact) mass is 361 g/mol. The number of para-hydroxylation sites is 1. The molecule has 1 heterocycles. The van der Waals surface area contributed by atoms with Gasteiger partial charge in [0.25, 0.3) is 5.91 Å². The van der Waals surface area contributed by atoms with Gasteiger partial charge in [0.05, 0.1) is 29.8 Å². The molecular weight excluding hydrogens is 342 g/mol. The van der Waals surface area contributed by atoms with Crippen LogP contribution in [-0.4, -0.2) is 47.6 Å². The van der Waals surface area contributed by atoms with E-state index in [1.54, 1.807) is 13.1 Å². The number of anilines is 1. The predicted octanol–water partition coefficient (Wildman–Crippen LogP) is 1.79. The minimum Gasteiger partial charge on any atom is -0.452 e. The van der Waals surface area contributed by atoms with Crippen molar-refractivity contribution >= 4 is 35.2 Å². The summed E-state index contributed by atoms with van der Waals surface area (Å²) in [6.07, 6.45) is -0.869. The zero-order valence-electron chi connectivity index (χ0n) is 14.0. The van der Waals surface area contributed by atoms with Gasteiger partial charge in [0.15, 0.2) is 6.10 Å². The van der Waals surface area contributed by atoms with Crippen LogP contribution in [0, 0.1) is 11.3 Å². The Hall–Kier alpha value is -2.53. The number of hydrogen-bond donors (Lipinski definition) is 1. The Kier molecular flexibility index (Phi) is 6.42. The first kappa shape index (κ1) is 18.8. The molecule has 25 heavy (non-hydrogen) atoms. The average Bonchev–Trinajstić information content (AvgIpc) is 2.59. The third kappa shape index (κ3) is 4.97. The van der Waals surface area contributed by atoms with E-state index in [-0.39, 0.29) is 31.2 Å². The number of carbonyl (C=O) groups is 3. The Morgan fingerprint density at radius 2 is 2.16 bits per heavy atom. The minimum atomic E-state index is -0.958. The summed E-state index contributed by atoms with van der Waals surface area (Å²) in [4.78, 5) is 38.5. The summed E-state index contributed by atoms with van der Waals surface area (Å²) in [5.41, 5.74) is 0.727. The van der Waals surface area contributed by atoms with E-state index in [9.17, 15) is 14.4 Å². The highest BCUT2D eigenvalue weighted by Gasteiger charge is 2.30. The van der Waals surface area contributed by atoms with Gasteiger partial charge in [-0.25, -0.2) is 0 Å². The van der Waals surface area contributed by atoms with Crippen LogP contribution < -0.4 is 5.32 Å². The number of likely N-dealkylation sites (N-methyl/N-ethyl adjacent to an activating group) is 1. The maximum Gasteiger partial charge on any atom is 0.308 e. The van der Waals surface area contributed by atoms with Crippen LogP contribution in [0.3, 0.4) is 0 Å². The van der Waals surface area contributed by atoms with Crippen LogP contribution in [0.2, 0.25) is 0 Å². The highest BCUT2D eigenvalue weighted by atomic mass is 32.2. The minimum absolute atomic E-state index is 0.121. The molecule has 132 valence electrons. The molecule has 0 unspecified atom stereocenters. The molecule has 2 rings (SSSR count). The summed E-state index contributed by atoms with van der Waals surface area (Å²) in [5, 5.41) is 10.7. The molecule has 0 bridgehead atoms. The van der Waals surface area contributed by atoms with Gasteiger partial charge in [-0.05, 0) is 19.1 Å². The number of benzene rings is 1. The number of hydrogen-bond acceptors (Lipinski definition) is 6. The van der Waals surface area contributed by atoms with Crippen LogP contribution >= 0.6 is 11.8 Å². The van der Waals surface area contributed by atoms with Crippen LogP contribution in [0.15, 0.2) is 29.2 Å². The lowest BCUT2D eigenvalue weighted by Gasteiger charge is -2.24. The summed E-state index contributed by atoms with van der Waals surface area (Å²) in [6, 6.07) is 9.30. The summed E-state index contributed by atoms with van der Waals surface area (Å²) < 4.78 is 5.15. The molecule has 2 amide bonds. The van der Waals surface area contributed by atoms with Crippen molar-refractivity contribution < 1.29 is 19.1 Å². The topological polar surface area (TPSA) is 99.5 Å². The number of esters is 1. The first-order chi connectivity index (χ1) is 11.9. The number of fused-ring (bicyclic) bond motifs is 1. The molecule has 8 heteroatoms. The van der Waals surface area contributed by atoms with Gasteiger partial charge in [0.2, 0.25) is 5.91 Å². The fraction of sp³-hybridized carbons (Fsp3) is 0.412. The molecule has 1 aliphatic heterocycles. The molecule has 1 aromatic carbocycles. The molecule has 1 aliphatic rings. The largest absolute Gasteiger partial charge is 0.452 e. The smallest absolute Gasteiger partial charge is 0.308 e. The predicted molar refractivity (Wildman–Crippen MR) is 92.8 cm³/mol. The van der Waals surface area contributed by atoms with E-state index in [4.69, 9.17) is 10.00 Å². The molecule has 0 aliphatic carbocycles. The molecule has 0 saturated carbocycles. The summed E-state index contributed by atoms with van der Waals surface area (Å²) in [6.45, 7) is 1.75. The number of ether oxygens (including phenoxy) is 1. The normalized spacial score (nSPS) is 16.8. The molecule has 0 aromatic heterocycles. The van der Waals surface area contributed by atoms with Crippen LogP contribution in [0.4, 0.5) is 5.69 Å². The van der Waals surface area contributed by atoms with Crippen LogP contribution in [-0.2, 0) is 19.1 Å². The quantitative estimate of drug-likeness (QED) is 0.776. The molecule has 0 spiro atoms. The lowest BCUT2D eigenvalue weighted by Crippen LogP contribution is -2.39. The summed E-state index contributed by atoms with van der Waals surface area (Å²) in [7, 11) is 1.55. The van der Waals surface area contributed by atoms with Crippen LogP contribution in [0.5, 0.6) is 0 Å². The Balaban J connectivity index is 1.89. The second-order valence-corrected chi connectivity index (χ2v) is 6.84. The van der Waals surface area contributed by atoms with Gasteiger partial charge in [0, 0.05) is 18.5 Å². The van der Waals surface area contributed by atoms with E-state index in [1.165, 1.54) is 23.6 Å². The number of nitrogens with zero attached hydrogens (tertiary/aromatic N) is 2.